The molecule has 2 aliphatic rings. The van der Waals surface area contributed by atoms with Crippen LogP contribution < -0.4 is 0 Å². The standard InChI is InChI=1S/C8H15O6P/c1-11-3-6-8(14-15(2,9)10)5-13-7(8)4-12-6/h6-7H,3-5H2,1-2H3,(H,9,10)/t6-,7?,8+/m1/s1/i4T/t4-,6+,7?,8-/m0. The Hall–Kier alpha value is 0.0300. The van der Waals surface area contributed by atoms with E-state index in [9.17, 15) is 9.46 Å². The maximum Gasteiger partial charge on any atom is 0.325 e. The van der Waals surface area contributed by atoms with Gasteiger partial charge in [0.25, 0.3) is 0 Å². The average molecular weight is 240 g/mol. The first-order chi connectivity index (χ1) is 7.39. The monoisotopic (exact) mass is 240 g/mol. The Bertz CT molecular complexity index is 320. The predicted molar refractivity (Wildman–Crippen MR) is 50.9 cm³/mol. The molecule has 2 heterocycles. The third-order valence-electron chi connectivity index (χ3n) is 2.54. The van der Waals surface area contributed by atoms with Crippen LogP contribution in [0.5, 0.6) is 0 Å². The predicted octanol–water partition coefficient (Wildman–Crippen LogP) is 0.001000. The van der Waals surface area contributed by atoms with E-state index < -0.39 is 32.0 Å². The number of ether oxygens (including phenoxy) is 3. The first-order valence-electron chi connectivity index (χ1n) is 5.16. The Labute approximate surface area is 89.4 Å². The number of rotatable bonds is 4. The van der Waals surface area contributed by atoms with Gasteiger partial charge in [0.2, 0.25) is 0 Å². The summed E-state index contributed by atoms with van der Waals surface area (Å²) in [5.74, 6) is 0. The van der Waals surface area contributed by atoms with Gasteiger partial charge in [-0.15, -0.1) is 0 Å². The van der Waals surface area contributed by atoms with Crippen LogP contribution in [0.2, 0.25) is 0 Å². The lowest BCUT2D eigenvalue weighted by Gasteiger charge is -2.45. The molecule has 0 bridgehead atoms. The molecule has 0 aromatic rings. The molecule has 15 heavy (non-hydrogen) atoms. The van der Waals surface area contributed by atoms with Crippen molar-refractivity contribution in [1.82, 2.24) is 0 Å². The Kier molecular flexibility index (Phi) is 2.59. The van der Waals surface area contributed by atoms with Crippen molar-refractivity contribution in [3.63, 3.8) is 0 Å². The quantitative estimate of drug-likeness (QED) is 0.697. The molecule has 0 aromatic heterocycles. The number of hydrogen-bond donors (Lipinski definition) is 1. The van der Waals surface area contributed by atoms with E-state index in [-0.39, 0.29) is 13.2 Å². The first-order valence-corrected chi connectivity index (χ1v) is 6.61. The summed E-state index contributed by atoms with van der Waals surface area (Å²) in [5.41, 5.74) is -1.01. The van der Waals surface area contributed by atoms with Gasteiger partial charge in [-0.25, -0.2) is 0 Å². The van der Waals surface area contributed by atoms with Gasteiger partial charge in [0.15, 0.2) is 5.60 Å². The molecule has 2 unspecified atom stereocenters. The van der Waals surface area contributed by atoms with Crippen molar-refractivity contribution in [1.29, 1.82) is 0 Å². The van der Waals surface area contributed by atoms with Crippen LogP contribution in [0.15, 0.2) is 0 Å². The fourth-order valence-electron chi connectivity index (χ4n) is 1.84. The maximum atomic E-state index is 11.3. The molecule has 7 heteroatoms. The van der Waals surface area contributed by atoms with Crippen LogP contribution in [-0.4, -0.2) is 56.3 Å². The molecule has 0 radical (unpaired) electrons. The summed E-state index contributed by atoms with van der Waals surface area (Å²) >= 11 is 0. The normalized spacial score (nSPS) is 49.0. The van der Waals surface area contributed by atoms with E-state index in [1.807, 2.05) is 0 Å². The molecule has 1 N–H and O–H groups in total. The lowest BCUT2D eigenvalue weighted by Crippen LogP contribution is -2.63. The highest BCUT2D eigenvalue weighted by Crippen LogP contribution is 2.51. The summed E-state index contributed by atoms with van der Waals surface area (Å²) in [6, 6.07) is 0. The lowest BCUT2D eigenvalue weighted by atomic mass is 9.89. The molecule has 2 aliphatic heterocycles. The van der Waals surface area contributed by atoms with Crippen molar-refractivity contribution >= 4 is 7.60 Å². The van der Waals surface area contributed by atoms with E-state index in [1.165, 1.54) is 7.11 Å². The van der Waals surface area contributed by atoms with Gasteiger partial charge in [-0.05, 0) is 0 Å². The molecule has 0 aliphatic carbocycles. The van der Waals surface area contributed by atoms with Gasteiger partial charge < -0.3 is 19.1 Å². The minimum absolute atomic E-state index is 0.152. The molecule has 5 atom stereocenters. The van der Waals surface area contributed by atoms with Crippen LogP contribution in [0, 0.1) is 0 Å². The smallest absolute Gasteiger partial charge is 0.325 e. The van der Waals surface area contributed by atoms with Gasteiger partial charge in [0.1, 0.15) is 12.2 Å². The Morgan fingerprint density at radius 3 is 2.93 bits per heavy atom. The summed E-state index contributed by atoms with van der Waals surface area (Å²) in [6.45, 7) is 0.563. The number of methoxy groups -OCH3 is 1. The molecule has 0 saturated carbocycles. The molecule has 2 fully saturated rings. The fraction of sp³-hybridized carbons (Fsp3) is 1.00. The second-order valence-electron chi connectivity index (χ2n) is 3.80. The molecular weight excluding hydrogens is 223 g/mol. The van der Waals surface area contributed by atoms with Crippen LogP contribution in [0.4, 0.5) is 0 Å². The van der Waals surface area contributed by atoms with Gasteiger partial charge in [-0.1, -0.05) is 0 Å². The second-order valence-corrected chi connectivity index (χ2v) is 5.59. The van der Waals surface area contributed by atoms with Crippen molar-refractivity contribution < 1.29 is 29.6 Å². The Balaban J connectivity index is 2.18. The zero-order valence-corrected chi connectivity index (χ0v) is 9.48. The maximum absolute atomic E-state index is 11.3. The lowest BCUT2D eigenvalue weighted by molar-refractivity contribution is -0.216. The van der Waals surface area contributed by atoms with E-state index >= 15 is 0 Å². The average Bonchev–Trinajstić information content (AvgIpc) is 2.24. The highest BCUT2D eigenvalue weighted by Gasteiger charge is 2.62. The summed E-state index contributed by atoms with van der Waals surface area (Å²) in [5, 5.41) is 0. The van der Waals surface area contributed by atoms with E-state index in [4.69, 9.17) is 20.1 Å². The molecule has 2 rings (SSSR count). The van der Waals surface area contributed by atoms with E-state index in [1.54, 1.807) is 0 Å². The van der Waals surface area contributed by atoms with Crippen molar-refractivity contribution in [3.8, 4) is 0 Å². The van der Waals surface area contributed by atoms with Crippen molar-refractivity contribution in [2.24, 2.45) is 0 Å². The summed E-state index contributed by atoms with van der Waals surface area (Å²) < 4.78 is 39.5. The number of hydrogen-bond acceptors (Lipinski definition) is 5. The van der Waals surface area contributed by atoms with Crippen LogP contribution in [-0.2, 0) is 23.3 Å². The highest BCUT2D eigenvalue weighted by atomic mass is 31.2. The van der Waals surface area contributed by atoms with Gasteiger partial charge in [0.05, 0.1) is 21.2 Å². The minimum Gasteiger partial charge on any atom is -0.382 e. The van der Waals surface area contributed by atoms with E-state index in [2.05, 4.69) is 0 Å². The van der Waals surface area contributed by atoms with Crippen LogP contribution in [0.3, 0.4) is 0 Å². The van der Waals surface area contributed by atoms with Crippen molar-refractivity contribution in [2.75, 3.05) is 33.6 Å². The van der Waals surface area contributed by atoms with Crippen molar-refractivity contribution in [2.45, 2.75) is 17.8 Å². The van der Waals surface area contributed by atoms with Crippen LogP contribution in [0.25, 0.3) is 0 Å². The molecular formula is C8H15O6P. The summed E-state index contributed by atoms with van der Waals surface area (Å²) in [4.78, 5) is 9.29. The minimum atomic E-state index is -3.65. The van der Waals surface area contributed by atoms with Crippen LogP contribution in [0.1, 0.15) is 1.37 Å². The summed E-state index contributed by atoms with van der Waals surface area (Å²) in [7, 11) is -2.16. The fourth-order valence-corrected chi connectivity index (χ4v) is 2.74. The zero-order chi connectivity index (χ0) is 12.0. The van der Waals surface area contributed by atoms with Gasteiger partial charge >= 0.3 is 7.60 Å². The van der Waals surface area contributed by atoms with Crippen molar-refractivity contribution in [3.05, 3.63) is 0 Å². The van der Waals surface area contributed by atoms with Crippen LogP contribution >= 0.6 is 7.60 Å². The van der Waals surface area contributed by atoms with E-state index in [0.29, 0.717) is 0 Å². The van der Waals surface area contributed by atoms with Gasteiger partial charge in [0, 0.05) is 13.8 Å². The largest absolute Gasteiger partial charge is 0.382 e. The number of fused-ring (bicyclic) bond motifs is 1. The third-order valence-corrected chi connectivity index (χ3v) is 3.22. The molecule has 0 aromatic carbocycles. The van der Waals surface area contributed by atoms with Gasteiger partial charge in [-0.3, -0.25) is 9.09 Å². The van der Waals surface area contributed by atoms with E-state index in [0.717, 1.165) is 6.66 Å². The highest BCUT2D eigenvalue weighted by molar-refractivity contribution is 7.51. The molecule has 0 amide bonds. The molecule has 0 spiro atoms. The third kappa shape index (κ3) is 1.98. The SMILES string of the molecule is [3H][C@@H]1O[C@H](COC)[C@@]2(OP(C)(=O)O)COC12. The molecule has 6 nitrogen and oxygen atoms in total. The summed E-state index contributed by atoms with van der Waals surface area (Å²) in [6.07, 6.45) is -1.16. The topological polar surface area (TPSA) is 74.2 Å². The Morgan fingerprint density at radius 2 is 2.47 bits per heavy atom. The zero-order valence-electron chi connectivity index (χ0n) is 9.58. The second kappa shape index (κ2) is 3.80. The molecule has 88 valence electrons. The Morgan fingerprint density at radius 1 is 1.73 bits per heavy atom. The first kappa shape index (κ1) is 10.2. The van der Waals surface area contributed by atoms with Gasteiger partial charge in [-0.2, -0.15) is 0 Å². The molecule has 2 saturated heterocycles.